The van der Waals surface area contributed by atoms with E-state index < -0.39 is 0 Å². The van der Waals surface area contributed by atoms with Crippen molar-refractivity contribution < 1.29 is 19.1 Å². The maximum Gasteiger partial charge on any atom is 0.265 e. The van der Waals surface area contributed by atoms with Gasteiger partial charge in [0.2, 0.25) is 0 Å². The minimum Gasteiger partial charge on any atom is -0.496 e. The number of carbonyl (C=O) groups excluding carboxylic acids is 2. The first-order valence-corrected chi connectivity index (χ1v) is 12.4. The van der Waals surface area contributed by atoms with Gasteiger partial charge in [0.25, 0.3) is 11.8 Å². The molecule has 1 aromatic rings. The number of amides is 2. The number of ether oxygens (including phenoxy) is 2. The zero-order valence-corrected chi connectivity index (χ0v) is 20.5. The van der Waals surface area contributed by atoms with Crippen molar-refractivity contribution in [2.24, 2.45) is 5.92 Å². The molecule has 9 heteroatoms. The van der Waals surface area contributed by atoms with Gasteiger partial charge in [0.1, 0.15) is 16.4 Å². The van der Waals surface area contributed by atoms with E-state index in [-0.39, 0.29) is 16.8 Å². The third kappa shape index (κ3) is 6.56. The Hall–Kier alpha value is -1.90. The van der Waals surface area contributed by atoms with E-state index in [1.165, 1.54) is 37.8 Å². The van der Waals surface area contributed by atoms with E-state index >= 15 is 0 Å². The fourth-order valence-corrected chi connectivity index (χ4v) is 5.02. The Morgan fingerprint density at radius 1 is 1.34 bits per heavy atom. The lowest BCUT2D eigenvalue weighted by Gasteiger charge is -2.30. The molecule has 2 N–H and O–H groups in total. The highest BCUT2D eigenvalue weighted by Crippen LogP contribution is 2.33. The zero-order chi connectivity index (χ0) is 23.1. The molecule has 0 saturated carbocycles. The quantitative estimate of drug-likeness (QED) is 0.543. The van der Waals surface area contributed by atoms with Gasteiger partial charge in [-0.25, -0.2) is 0 Å². The van der Waals surface area contributed by atoms with E-state index in [0.717, 1.165) is 32.0 Å². The molecule has 0 spiro atoms. The predicted octanol–water partition coefficient (Wildman–Crippen LogP) is 4.13. The van der Waals surface area contributed by atoms with Crippen molar-refractivity contribution in [1.29, 1.82) is 0 Å². The van der Waals surface area contributed by atoms with E-state index in [1.807, 2.05) is 0 Å². The summed E-state index contributed by atoms with van der Waals surface area (Å²) in [5.41, 5.74) is 0.726. The standard InChI is InChI=1S/C23H32ClN3O4S/c1-15-6-4-8-27(14-15)9-5-7-25-22(28)17-12-18(24)19(13-20(17)30-3)26-23(29)21-16(2)31-10-11-32-21/h12-13,15H,4-11,14H2,1-3H3,(H,25,28)(H,26,29)/t15-/m1/s1. The largest absolute Gasteiger partial charge is 0.496 e. The van der Waals surface area contributed by atoms with Crippen molar-refractivity contribution in [2.75, 3.05) is 51.0 Å². The van der Waals surface area contributed by atoms with E-state index in [0.29, 0.717) is 46.6 Å². The molecule has 32 heavy (non-hydrogen) atoms. The minimum absolute atomic E-state index is 0.247. The highest BCUT2D eigenvalue weighted by Gasteiger charge is 2.22. The Bertz CT molecular complexity index is 877. The van der Waals surface area contributed by atoms with Crippen LogP contribution >= 0.6 is 23.4 Å². The van der Waals surface area contributed by atoms with Crippen LogP contribution < -0.4 is 15.4 Å². The molecule has 2 aliphatic rings. The van der Waals surface area contributed by atoms with Crippen LogP contribution in [0.4, 0.5) is 5.69 Å². The van der Waals surface area contributed by atoms with Gasteiger partial charge in [0, 0.05) is 24.9 Å². The number of allylic oxidation sites excluding steroid dienone is 1. The summed E-state index contributed by atoms with van der Waals surface area (Å²) in [6.45, 7) is 8.46. The number of halogens is 1. The Morgan fingerprint density at radius 2 is 2.16 bits per heavy atom. The second-order valence-corrected chi connectivity index (χ2v) is 9.74. The van der Waals surface area contributed by atoms with Gasteiger partial charge in [-0.05, 0) is 51.3 Å². The number of anilines is 1. The van der Waals surface area contributed by atoms with Gasteiger partial charge >= 0.3 is 0 Å². The molecule has 2 heterocycles. The molecule has 1 aromatic carbocycles. The maximum absolute atomic E-state index is 12.7. The van der Waals surface area contributed by atoms with Crippen molar-refractivity contribution in [1.82, 2.24) is 10.2 Å². The predicted molar refractivity (Wildman–Crippen MR) is 130 cm³/mol. The van der Waals surface area contributed by atoms with Gasteiger partial charge in [0.15, 0.2) is 0 Å². The Labute approximate surface area is 199 Å². The van der Waals surface area contributed by atoms with Crippen LogP contribution in [0.5, 0.6) is 5.75 Å². The number of carbonyl (C=O) groups is 2. The van der Waals surface area contributed by atoms with Gasteiger partial charge < -0.3 is 25.0 Å². The minimum atomic E-state index is -0.291. The molecule has 0 radical (unpaired) electrons. The summed E-state index contributed by atoms with van der Waals surface area (Å²) in [6, 6.07) is 3.11. The lowest BCUT2D eigenvalue weighted by Crippen LogP contribution is -2.36. The summed E-state index contributed by atoms with van der Waals surface area (Å²) in [6.07, 6.45) is 3.43. The second kappa shape index (κ2) is 11.8. The molecule has 0 unspecified atom stereocenters. The van der Waals surface area contributed by atoms with Gasteiger partial charge in [0.05, 0.1) is 30.0 Å². The number of piperidine rings is 1. The Balaban J connectivity index is 1.59. The molecular formula is C23H32ClN3O4S. The Morgan fingerprint density at radius 3 is 2.88 bits per heavy atom. The third-order valence-electron chi connectivity index (χ3n) is 5.63. The van der Waals surface area contributed by atoms with Crippen LogP contribution in [0.15, 0.2) is 22.8 Å². The third-order valence-corrected chi connectivity index (χ3v) is 7.08. The second-order valence-electron chi connectivity index (χ2n) is 8.23. The lowest BCUT2D eigenvalue weighted by atomic mass is 10.0. The molecule has 1 saturated heterocycles. The van der Waals surface area contributed by atoms with Crippen LogP contribution in [0.25, 0.3) is 0 Å². The van der Waals surface area contributed by atoms with Crippen molar-refractivity contribution in [2.45, 2.75) is 33.1 Å². The molecule has 1 atom stereocenters. The van der Waals surface area contributed by atoms with Crippen LogP contribution in [0.1, 0.15) is 43.5 Å². The molecule has 7 nitrogen and oxygen atoms in total. The van der Waals surface area contributed by atoms with Crippen LogP contribution in [0.2, 0.25) is 5.02 Å². The average Bonchev–Trinajstić information content (AvgIpc) is 2.78. The van der Waals surface area contributed by atoms with Crippen molar-refractivity contribution in [3.8, 4) is 5.75 Å². The number of hydrogen-bond donors (Lipinski definition) is 2. The monoisotopic (exact) mass is 481 g/mol. The van der Waals surface area contributed by atoms with Crippen LogP contribution in [0, 0.1) is 5.92 Å². The fraction of sp³-hybridized carbons (Fsp3) is 0.565. The lowest BCUT2D eigenvalue weighted by molar-refractivity contribution is -0.112. The summed E-state index contributed by atoms with van der Waals surface area (Å²) < 4.78 is 10.9. The Kier molecular flexibility index (Phi) is 9.13. The first-order chi connectivity index (χ1) is 15.4. The SMILES string of the molecule is COc1cc(NC(=O)C2=C(C)OCCS2)c(Cl)cc1C(=O)NCCCN1CCC[C@@H](C)C1. The van der Waals surface area contributed by atoms with Crippen molar-refractivity contribution >= 4 is 40.9 Å². The maximum atomic E-state index is 12.7. The van der Waals surface area contributed by atoms with E-state index in [4.69, 9.17) is 21.1 Å². The number of benzene rings is 1. The van der Waals surface area contributed by atoms with Crippen LogP contribution in [-0.4, -0.2) is 62.4 Å². The number of nitrogens with zero attached hydrogens (tertiary/aromatic N) is 1. The summed E-state index contributed by atoms with van der Waals surface area (Å²) in [4.78, 5) is 28.3. The molecule has 0 aromatic heterocycles. The summed E-state index contributed by atoms with van der Waals surface area (Å²) in [5, 5.41) is 6.02. The van der Waals surface area contributed by atoms with E-state index in [1.54, 1.807) is 13.0 Å². The number of hydrogen-bond acceptors (Lipinski definition) is 6. The van der Waals surface area contributed by atoms with E-state index in [2.05, 4.69) is 22.5 Å². The molecule has 3 rings (SSSR count). The van der Waals surface area contributed by atoms with Crippen molar-refractivity contribution in [3.63, 3.8) is 0 Å². The topological polar surface area (TPSA) is 79.9 Å². The highest BCUT2D eigenvalue weighted by molar-refractivity contribution is 8.04. The number of likely N-dealkylation sites (tertiary alicyclic amines) is 1. The summed E-state index contributed by atoms with van der Waals surface area (Å²) in [7, 11) is 1.49. The molecule has 2 aliphatic heterocycles. The van der Waals surface area contributed by atoms with Crippen LogP contribution in [0.3, 0.4) is 0 Å². The van der Waals surface area contributed by atoms with Gasteiger partial charge in [-0.1, -0.05) is 18.5 Å². The van der Waals surface area contributed by atoms with Gasteiger partial charge in [-0.3, -0.25) is 9.59 Å². The molecule has 176 valence electrons. The summed E-state index contributed by atoms with van der Waals surface area (Å²) >= 11 is 7.83. The molecule has 0 aliphatic carbocycles. The average molecular weight is 482 g/mol. The molecule has 1 fully saturated rings. The first kappa shape index (κ1) is 24.7. The molecule has 0 bridgehead atoms. The molecular weight excluding hydrogens is 450 g/mol. The number of rotatable bonds is 8. The van der Waals surface area contributed by atoms with E-state index in [9.17, 15) is 9.59 Å². The number of thioether (sulfide) groups is 1. The fourth-order valence-electron chi connectivity index (χ4n) is 4.00. The highest BCUT2D eigenvalue weighted by atomic mass is 35.5. The zero-order valence-electron chi connectivity index (χ0n) is 19.0. The van der Waals surface area contributed by atoms with Crippen molar-refractivity contribution in [3.05, 3.63) is 33.4 Å². The summed E-state index contributed by atoms with van der Waals surface area (Å²) in [5.74, 6) is 1.87. The van der Waals surface area contributed by atoms with Gasteiger partial charge in [-0.15, -0.1) is 11.8 Å². The van der Waals surface area contributed by atoms with Crippen LogP contribution in [-0.2, 0) is 9.53 Å². The van der Waals surface area contributed by atoms with Gasteiger partial charge in [-0.2, -0.15) is 0 Å². The normalized spacial score (nSPS) is 19.3. The smallest absolute Gasteiger partial charge is 0.265 e. The first-order valence-electron chi connectivity index (χ1n) is 11.0. The number of methoxy groups -OCH3 is 1. The number of nitrogens with one attached hydrogen (secondary N) is 2. The molecule has 2 amide bonds.